The van der Waals surface area contributed by atoms with E-state index in [0.717, 1.165) is 29.7 Å². The Balaban J connectivity index is 1.89. The van der Waals surface area contributed by atoms with Crippen LogP contribution in [0.3, 0.4) is 0 Å². The zero-order chi connectivity index (χ0) is 19.8. The summed E-state index contributed by atoms with van der Waals surface area (Å²) in [5, 5.41) is 5.00. The quantitative estimate of drug-likeness (QED) is 0.757. The number of hydrogen-bond donors (Lipinski definition) is 2. The number of thiophene rings is 1. The van der Waals surface area contributed by atoms with E-state index in [1.807, 2.05) is 6.08 Å². The van der Waals surface area contributed by atoms with Gasteiger partial charge in [0.1, 0.15) is 9.21 Å². The highest BCUT2D eigenvalue weighted by Gasteiger charge is 2.33. The van der Waals surface area contributed by atoms with Crippen LogP contribution < -0.4 is 10.6 Å². The minimum atomic E-state index is -4.61. The Morgan fingerprint density at radius 1 is 1.19 bits per heavy atom. The number of urea groups is 1. The topological polar surface area (TPSA) is 75.3 Å². The summed E-state index contributed by atoms with van der Waals surface area (Å²) in [4.78, 5) is 12.3. The van der Waals surface area contributed by atoms with E-state index in [9.17, 15) is 26.4 Å². The summed E-state index contributed by atoms with van der Waals surface area (Å²) in [6.45, 7) is 0. The second-order valence-corrected chi connectivity index (χ2v) is 9.18. The number of anilines is 2. The molecule has 0 bridgehead atoms. The summed E-state index contributed by atoms with van der Waals surface area (Å²) < 4.78 is 63.2. The van der Waals surface area contributed by atoms with Crippen LogP contribution in [0.25, 0.3) is 6.08 Å². The fourth-order valence-corrected chi connectivity index (χ4v) is 5.18. The van der Waals surface area contributed by atoms with Crippen molar-refractivity contribution in [2.75, 3.05) is 16.9 Å². The highest BCUT2D eigenvalue weighted by atomic mass is 32.2. The van der Waals surface area contributed by atoms with Gasteiger partial charge in [-0.25, -0.2) is 13.2 Å². The first-order valence-corrected chi connectivity index (χ1v) is 10.5. The number of fused-ring (bicyclic) bond motifs is 1. The molecule has 0 aliphatic heterocycles. The van der Waals surface area contributed by atoms with E-state index in [1.54, 1.807) is 6.08 Å². The second kappa shape index (κ2) is 7.01. The van der Waals surface area contributed by atoms with E-state index in [1.165, 1.54) is 12.1 Å². The maximum Gasteiger partial charge on any atom is 0.418 e. The van der Waals surface area contributed by atoms with Gasteiger partial charge in [-0.1, -0.05) is 24.3 Å². The fourth-order valence-electron chi connectivity index (χ4n) is 2.77. The van der Waals surface area contributed by atoms with E-state index < -0.39 is 27.6 Å². The highest BCUT2D eigenvalue weighted by molar-refractivity contribution is 7.93. The zero-order valence-electron chi connectivity index (χ0n) is 14.1. The molecule has 0 spiro atoms. The third-order valence-corrected chi connectivity index (χ3v) is 6.91. The molecule has 0 saturated heterocycles. The first-order chi connectivity index (χ1) is 12.6. The number of para-hydroxylation sites is 1. The number of benzene rings is 1. The number of carbonyl (C=O) groups excluding carboxylic acids is 1. The average Bonchev–Trinajstić information content (AvgIpc) is 2.93. The van der Waals surface area contributed by atoms with Gasteiger partial charge in [-0.3, -0.25) is 5.32 Å². The van der Waals surface area contributed by atoms with Crippen LogP contribution in [0, 0.1) is 0 Å². The number of halogens is 3. The van der Waals surface area contributed by atoms with Crippen LogP contribution in [-0.2, 0) is 22.4 Å². The van der Waals surface area contributed by atoms with Gasteiger partial charge in [0.2, 0.25) is 0 Å². The predicted octanol–water partition coefficient (Wildman–Crippen LogP) is 4.77. The monoisotopic (exact) mass is 416 g/mol. The van der Waals surface area contributed by atoms with Gasteiger partial charge in [-0.05, 0) is 30.5 Å². The minimum Gasteiger partial charge on any atom is -0.307 e. The molecular formula is C17H15F3N2O3S2. The number of allylic oxidation sites excluding steroid dienone is 1. The lowest BCUT2D eigenvalue weighted by Gasteiger charge is -2.14. The molecule has 27 heavy (non-hydrogen) atoms. The first-order valence-electron chi connectivity index (χ1n) is 7.84. The maximum absolute atomic E-state index is 13.0. The van der Waals surface area contributed by atoms with Crippen LogP contribution in [0.15, 0.2) is 34.6 Å². The van der Waals surface area contributed by atoms with E-state index in [-0.39, 0.29) is 9.90 Å². The lowest BCUT2D eigenvalue weighted by atomic mass is 10.0. The van der Waals surface area contributed by atoms with Crippen molar-refractivity contribution in [3.05, 3.63) is 47.0 Å². The second-order valence-electron chi connectivity index (χ2n) is 5.95. The highest BCUT2D eigenvalue weighted by Crippen LogP contribution is 2.40. The summed E-state index contributed by atoms with van der Waals surface area (Å²) in [5.41, 5.74) is -0.147. The molecule has 0 fully saturated rings. The Kier molecular flexibility index (Phi) is 5.04. The molecule has 1 aliphatic rings. The summed E-state index contributed by atoms with van der Waals surface area (Å²) in [7, 11) is -3.50. The van der Waals surface area contributed by atoms with Crippen LogP contribution in [0.4, 0.5) is 28.7 Å². The van der Waals surface area contributed by atoms with E-state index in [4.69, 9.17) is 0 Å². The largest absolute Gasteiger partial charge is 0.418 e. The summed E-state index contributed by atoms with van der Waals surface area (Å²) in [6.07, 6.45) is 1.21. The zero-order valence-corrected chi connectivity index (χ0v) is 15.7. The Morgan fingerprint density at radius 3 is 2.56 bits per heavy atom. The third kappa shape index (κ3) is 4.16. The minimum absolute atomic E-state index is 0.124. The predicted molar refractivity (Wildman–Crippen MR) is 98.9 cm³/mol. The van der Waals surface area contributed by atoms with E-state index >= 15 is 0 Å². The standard InChI is InChI=1S/C17H15F3N2O3S2/c1-27(24,25)15-11-7-3-2-6-10(11)14(26-15)22-16(23)21-13-9-5-4-8-12(13)17(18,19)20/h3-5,7-9H,2,6H2,1H3,(H2,21,22,23). The van der Waals surface area contributed by atoms with Crippen molar-refractivity contribution >= 4 is 44.0 Å². The molecule has 2 aromatic rings. The molecule has 1 heterocycles. The number of carbonyl (C=O) groups is 1. The fraction of sp³-hybridized carbons (Fsp3) is 0.235. The molecule has 5 nitrogen and oxygen atoms in total. The lowest BCUT2D eigenvalue weighted by molar-refractivity contribution is -0.136. The molecule has 1 aromatic carbocycles. The first kappa shape index (κ1) is 19.4. The molecular weight excluding hydrogens is 401 g/mol. The lowest BCUT2D eigenvalue weighted by Crippen LogP contribution is -2.22. The van der Waals surface area contributed by atoms with Gasteiger partial charge in [0.25, 0.3) is 0 Å². The average molecular weight is 416 g/mol. The molecule has 0 atom stereocenters. The van der Waals surface area contributed by atoms with Crippen molar-refractivity contribution in [1.82, 2.24) is 0 Å². The summed E-state index contributed by atoms with van der Waals surface area (Å²) in [5.74, 6) is 0. The number of amides is 2. The van der Waals surface area contributed by atoms with Crippen LogP contribution in [-0.4, -0.2) is 20.7 Å². The van der Waals surface area contributed by atoms with Crippen LogP contribution >= 0.6 is 11.3 Å². The van der Waals surface area contributed by atoms with Gasteiger partial charge in [0, 0.05) is 11.8 Å². The molecule has 0 radical (unpaired) electrons. The Bertz CT molecular complexity index is 1020. The molecule has 2 N–H and O–H groups in total. The number of sulfone groups is 1. The molecule has 1 aromatic heterocycles. The normalized spacial score (nSPS) is 13.9. The van der Waals surface area contributed by atoms with Gasteiger partial charge in [0.15, 0.2) is 9.84 Å². The van der Waals surface area contributed by atoms with E-state index in [0.29, 0.717) is 29.0 Å². The van der Waals surface area contributed by atoms with Gasteiger partial charge < -0.3 is 5.32 Å². The molecule has 3 rings (SSSR count). The number of nitrogens with one attached hydrogen (secondary N) is 2. The van der Waals surface area contributed by atoms with Crippen molar-refractivity contribution in [2.45, 2.75) is 23.2 Å². The SMILES string of the molecule is CS(=O)(=O)c1sc(NC(=O)Nc2ccccc2C(F)(F)F)c2c1C=CCC2. The van der Waals surface area contributed by atoms with E-state index in [2.05, 4.69) is 10.6 Å². The number of hydrogen-bond acceptors (Lipinski definition) is 4. The van der Waals surface area contributed by atoms with Crippen molar-refractivity contribution in [2.24, 2.45) is 0 Å². The molecule has 10 heteroatoms. The number of rotatable bonds is 3. The molecule has 1 aliphatic carbocycles. The van der Waals surface area contributed by atoms with Crippen molar-refractivity contribution in [1.29, 1.82) is 0 Å². The number of alkyl halides is 3. The van der Waals surface area contributed by atoms with Gasteiger partial charge >= 0.3 is 12.2 Å². The van der Waals surface area contributed by atoms with Crippen LogP contribution in [0.5, 0.6) is 0 Å². The Hall–Kier alpha value is -2.33. The van der Waals surface area contributed by atoms with Crippen molar-refractivity contribution in [3.63, 3.8) is 0 Å². The van der Waals surface area contributed by atoms with Crippen LogP contribution in [0.1, 0.15) is 23.1 Å². The molecule has 2 amide bonds. The summed E-state index contributed by atoms with van der Waals surface area (Å²) in [6, 6.07) is 3.76. The third-order valence-electron chi connectivity index (χ3n) is 3.90. The van der Waals surface area contributed by atoms with Crippen LogP contribution in [0.2, 0.25) is 0 Å². The Labute approximate surface area is 157 Å². The summed E-state index contributed by atoms with van der Waals surface area (Å²) >= 11 is 0.897. The van der Waals surface area contributed by atoms with Crippen molar-refractivity contribution in [3.8, 4) is 0 Å². The van der Waals surface area contributed by atoms with Gasteiger partial charge in [-0.2, -0.15) is 13.2 Å². The van der Waals surface area contributed by atoms with Crippen molar-refractivity contribution < 1.29 is 26.4 Å². The van der Waals surface area contributed by atoms with Gasteiger partial charge in [-0.15, -0.1) is 11.3 Å². The smallest absolute Gasteiger partial charge is 0.307 e. The molecule has 0 unspecified atom stereocenters. The Morgan fingerprint density at radius 2 is 1.89 bits per heavy atom. The van der Waals surface area contributed by atoms with Gasteiger partial charge in [0.05, 0.1) is 11.3 Å². The molecule has 144 valence electrons. The maximum atomic E-state index is 13.0. The molecule has 0 saturated carbocycles.